The largest absolute Gasteiger partial charge is 0.332 e. The van der Waals surface area contributed by atoms with Crippen LogP contribution >= 0.6 is 15.9 Å². The normalized spacial score (nSPS) is 22.7. The lowest BCUT2D eigenvalue weighted by molar-refractivity contribution is 0.0561. The van der Waals surface area contributed by atoms with E-state index < -0.39 is 0 Å². The molecule has 1 saturated heterocycles. The number of aromatic nitrogens is 4. The third-order valence-corrected chi connectivity index (χ3v) is 4.27. The van der Waals surface area contributed by atoms with E-state index in [2.05, 4.69) is 37.9 Å². The zero-order chi connectivity index (χ0) is 15.0. The summed E-state index contributed by atoms with van der Waals surface area (Å²) in [4.78, 5) is 22.8. The molecule has 2 unspecified atom stereocenters. The monoisotopic (exact) mass is 352 g/mol. The van der Waals surface area contributed by atoms with Gasteiger partial charge in [-0.15, -0.1) is 5.10 Å². The third-order valence-electron chi connectivity index (χ3n) is 3.86. The van der Waals surface area contributed by atoms with E-state index in [1.54, 1.807) is 17.3 Å². The van der Waals surface area contributed by atoms with Gasteiger partial charge in [-0.1, -0.05) is 6.92 Å². The van der Waals surface area contributed by atoms with Gasteiger partial charge in [0.25, 0.3) is 11.7 Å². The van der Waals surface area contributed by atoms with Gasteiger partial charge in [-0.2, -0.15) is 4.98 Å². The molecule has 0 bridgehead atoms. The third kappa shape index (κ3) is 2.77. The van der Waals surface area contributed by atoms with Crippen LogP contribution in [0.5, 0.6) is 0 Å². The molecule has 2 aromatic rings. The Hall–Kier alpha value is -1.54. The summed E-state index contributed by atoms with van der Waals surface area (Å²) in [6.45, 7) is 3.36. The van der Waals surface area contributed by atoms with Crippen LogP contribution in [0, 0.1) is 5.92 Å². The van der Waals surface area contributed by atoms with Crippen molar-refractivity contribution in [1.82, 2.24) is 24.5 Å². The van der Waals surface area contributed by atoms with Gasteiger partial charge in [-0.05, 0) is 34.7 Å². The maximum Gasteiger partial charge on any atom is 0.293 e. The molecule has 0 spiro atoms. The fourth-order valence-corrected chi connectivity index (χ4v) is 3.02. The first-order chi connectivity index (χ1) is 10.1. The van der Waals surface area contributed by atoms with E-state index in [-0.39, 0.29) is 17.8 Å². The van der Waals surface area contributed by atoms with Crippen molar-refractivity contribution in [3.63, 3.8) is 0 Å². The molecule has 2 aromatic heterocycles. The Morgan fingerprint density at radius 1 is 1.57 bits per heavy atom. The van der Waals surface area contributed by atoms with Crippen molar-refractivity contribution in [2.45, 2.75) is 25.8 Å². The minimum atomic E-state index is -0.168. The molecule has 21 heavy (non-hydrogen) atoms. The Morgan fingerprint density at radius 2 is 2.38 bits per heavy atom. The Bertz CT molecular complexity index is 672. The maximum atomic E-state index is 12.6. The zero-order valence-corrected chi connectivity index (χ0v) is 13.3. The molecule has 3 rings (SSSR count). The molecule has 3 heterocycles. The SMILES string of the molecule is CC1CCN(C(=O)c2nc3ncc(Br)cn3n2)C(CN)C1. The van der Waals surface area contributed by atoms with Crippen LogP contribution in [0.25, 0.3) is 5.78 Å². The predicted octanol–water partition coefficient (Wildman–Crippen LogP) is 1.09. The van der Waals surface area contributed by atoms with Crippen molar-refractivity contribution in [3.05, 3.63) is 22.7 Å². The van der Waals surface area contributed by atoms with Crippen molar-refractivity contribution in [2.75, 3.05) is 13.1 Å². The standard InChI is InChI=1S/C13H17BrN6O/c1-8-2-3-19(10(4-8)5-15)12(21)11-17-13-16-6-9(14)7-20(13)18-11/h6-8,10H,2-5,15H2,1H3. The lowest BCUT2D eigenvalue weighted by Crippen LogP contribution is -2.49. The number of nitrogens with two attached hydrogens (primary N) is 1. The summed E-state index contributed by atoms with van der Waals surface area (Å²) < 4.78 is 2.28. The van der Waals surface area contributed by atoms with Gasteiger partial charge in [0, 0.05) is 31.5 Å². The summed E-state index contributed by atoms with van der Waals surface area (Å²) in [6.07, 6.45) is 5.27. The highest BCUT2D eigenvalue weighted by Gasteiger charge is 2.31. The van der Waals surface area contributed by atoms with E-state index in [1.807, 2.05) is 0 Å². The molecule has 112 valence electrons. The molecule has 2 atom stereocenters. The summed E-state index contributed by atoms with van der Waals surface area (Å²) in [6, 6.07) is 0.0626. The number of hydrogen-bond donors (Lipinski definition) is 1. The number of rotatable bonds is 2. The van der Waals surface area contributed by atoms with Crippen LogP contribution in [0.15, 0.2) is 16.9 Å². The number of fused-ring (bicyclic) bond motifs is 1. The molecule has 1 aliphatic rings. The van der Waals surface area contributed by atoms with Crippen molar-refractivity contribution < 1.29 is 4.79 Å². The first-order valence-electron chi connectivity index (χ1n) is 6.97. The average molecular weight is 353 g/mol. The highest BCUT2D eigenvalue weighted by atomic mass is 79.9. The van der Waals surface area contributed by atoms with Crippen LogP contribution in [0.1, 0.15) is 30.4 Å². The van der Waals surface area contributed by atoms with Crippen molar-refractivity contribution in [2.24, 2.45) is 11.7 Å². The number of carbonyl (C=O) groups is 1. The van der Waals surface area contributed by atoms with Gasteiger partial charge in [0.1, 0.15) is 0 Å². The van der Waals surface area contributed by atoms with Crippen molar-refractivity contribution in [3.8, 4) is 0 Å². The van der Waals surface area contributed by atoms with Gasteiger partial charge in [-0.25, -0.2) is 9.50 Å². The molecule has 1 amide bonds. The molecular weight excluding hydrogens is 336 g/mol. The Morgan fingerprint density at radius 3 is 3.14 bits per heavy atom. The van der Waals surface area contributed by atoms with Crippen LogP contribution in [-0.2, 0) is 0 Å². The highest BCUT2D eigenvalue weighted by molar-refractivity contribution is 9.10. The Kier molecular flexibility index (Phi) is 3.90. The number of nitrogens with zero attached hydrogens (tertiary/aromatic N) is 5. The quantitative estimate of drug-likeness (QED) is 0.873. The molecule has 0 aromatic carbocycles. The van der Waals surface area contributed by atoms with E-state index >= 15 is 0 Å². The number of likely N-dealkylation sites (tertiary alicyclic amines) is 1. The highest BCUT2D eigenvalue weighted by Crippen LogP contribution is 2.23. The minimum absolute atomic E-state index is 0.0626. The van der Waals surface area contributed by atoms with E-state index in [0.29, 0.717) is 24.8 Å². The number of hydrogen-bond acceptors (Lipinski definition) is 5. The zero-order valence-electron chi connectivity index (χ0n) is 11.7. The molecule has 0 radical (unpaired) electrons. The first kappa shape index (κ1) is 14.4. The minimum Gasteiger partial charge on any atom is -0.332 e. The lowest BCUT2D eigenvalue weighted by Gasteiger charge is -2.37. The van der Waals surface area contributed by atoms with E-state index in [4.69, 9.17) is 5.73 Å². The molecule has 1 fully saturated rings. The van der Waals surface area contributed by atoms with Gasteiger partial charge in [0.05, 0.1) is 4.47 Å². The van der Waals surface area contributed by atoms with Crippen molar-refractivity contribution >= 4 is 27.6 Å². The van der Waals surface area contributed by atoms with Crippen LogP contribution < -0.4 is 5.73 Å². The van der Waals surface area contributed by atoms with Gasteiger partial charge in [0.15, 0.2) is 0 Å². The fourth-order valence-electron chi connectivity index (χ4n) is 2.72. The second-order valence-electron chi connectivity index (χ2n) is 5.47. The maximum absolute atomic E-state index is 12.6. The molecule has 7 nitrogen and oxygen atoms in total. The number of amides is 1. The smallest absolute Gasteiger partial charge is 0.293 e. The number of carbonyl (C=O) groups excluding carboxylic acids is 1. The molecular formula is C13H17BrN6O. The second-order valence-corrected chi connectivity index (χ2v) is 6.39. The molecule has 2 N–H and O–H groups in total. The van der Waals surface area contributed by atoms with Gasteiger partial charge in [-0.3, -0.25) is 4.79 Å². The summed E-state index contributed by atoms with van der Waals surface area (Å²) in [7, 11) is 0. The summed E-state index contributed by atoms with van der Waals surface area (Å²) in [5.41, 5.74) is 5.81. The fraction of sp³-hybridized carbons (Fsp3) is 0.538. The summed E-state index contributed by atoms with van der Waals surface area (Å²) >= 11 is 3.32. The van der Waals surface area contributed by atoms with Crippen LogP contribution in [0.4, 0.5) is 0 Å². The van der Waals surface area contributed by atoms with E-state index in [1.165, 1.54) is 4.52 Å². The summed E-state index contributed by atoms with van der Waals surface area (Å²) in [5, 5.41) is 4.22. The van der Waals surface area contributed by atoms with Crippen LogP contribution in [0.3, 0.4) is 0 Å². The van der Waals surface area contributed by atoms with Crippen LogP contribution in [-0.4, -0.2) is 49.5 Å². The molecule has 0 saturated carbocycles. The average Bonchev–Trinajstić information content (AvgIpc) is 2.89. The Balaban J connectivity index is 1.88. The first-order valence-corrected chi connectivity index (χ1v) is 7.76. The van der Waals surface area contributed by atoms with Crippen LogP contribution in [0.2, 0.25) is 0 Å². The summed E-state index contributed by atoms with van der Waals surface area (Å²) in [5.74, 6) is 1.01. The lowest BCUT2D eigenvalue weighted by atomic mass is 9.92. The topological polar surface area (TPSA) is 89.4 Å². The predicted molar refractivity (Wildman–Crippen MR) is 80.8 cm³/mol. The Labute approximate surface area is 130 Å². The van der Waals surface area contributed by atoms with Gasteiger partial charge in [0.2, 0.25) is 5.82 Å². The number of piperidine rings is 1. The van der Waals surface area contributed by atoms with Gasteiger partial charge >= 0.3 is 0 Å². The van der Waals surface area contributed by atoms with Crippen molar-refractivity contribution in [1.29, 1.82) is 0 Å². The second kappa shape index (κ2) is 5.69. The van der Waals surface area contributed by atoms with Gasteiger partial charge < -0.3 is 10.6 Å². The molecule has 8 heteroatoms. The molecule has 0 aliphatic carbocycles. The number of halogens is 1. The van der Waals surface area contributed by atoms with E-state index in [0.717, 1.165) is 17.3 Å². The molecule has 1 aliphatic heterocycles. The van der Waals surface area contributed by atoms with E-state index in [9.17, 15) is 4.79 Å².